The van der Waals surface area contributed by atoms with Crippen LogP contribution in [0.5, 0.6) is 0 Å². The van der Waals surface area contributed by atoms with Crippen LogP contribution in [0, 0.1) is 0 Å². The highest BCUT2D eigenvalue weighted by Gasteiger charge is 2.14. The van der Waals surface area contributed by atoms with E-state index in [1.165, 1.54) is 0 Å². The van der Waals surface area contributed by atoms with Gasteiger partial charge < -0.3 is 0 Å². The van der Waals surface area contributed by atoms with Crippen LogP contribution in [0.25, 0.3) is 0 Å². The summed E-state index contributed by atoms with van der Waals surface area (Å²) in [4.78, 5) is 0. The SMILES string of the molecule is CCC(CC)n1ccc(CC(NN)c2cccc(Cl)c2)n1. The van der Waals surface area contributed by atoms with Crippen molar-refractivity contribution in [3.63, 3.8) is 0 Å². The lowest BCUT2D eigenvalue weighted by Gasteiger charge is -2.16. The second kappa shape index (κ2) is 7.59. The minimum absolute atomic E-state index is 0.00810. The Bertz CT molecular complexity index is 563. The molecule has 0 amide bonds. The van der Waals surface area contributed by atoms with Crippen molar-refractivity contribution in [2.24, 2.45) is 5.84 Å². The van der Waals surface area contributed by atoms with Crippen molar-refractivity contribution in [2.75, 3.05) is 0 Å². The Kier molecular flexibility index (Phi) is 5.79. The largest absolute Gasteiger partial charge is 0.271 e. The van der Waals surface area contributed by atoms with Gasteiger partial charge in [0.05, 0.1) is 17.8 Å². The third-order valence-corrected chi connectivity index (χ3v) is 4.08. The fourth-order valence-electron chi connectivity index (χ4n) is 2.56. The van der Waals surface area contributed by atoms with Crippen molar-refractivity contribution >= 4 is 11.6 Å². The minimum Gasteiger partial charge on any atom is -0.271 e. The number of nitrogens with two attached hydrogens (primary N) is 1. The highest BCUT2D eigenvalue weighted by molar-refractivity contribution is 6.30. The van der Waals surface area contributed by atoms with Crippen molar-refractivity contribution in [2.45, 2.75) is 45.2 Å². The number of hydrogen-bond donors (Lipinski definition) is 2. The molecule has 0 fully saturated rings. The summed E-state index contributed by atoms with van der Waals surface area (Å²) >= 11 is 6.04. The van der Waals surface area contributed by atoms with E-state index in [0.717, 1.165) is 35.5 Å². The molecule has 114 valence electrons. The van der Waals surface area contributed by atoms with Crippen LogP contribution in [-0.2, 0) is 6.42 Å². The zero-order valence-corrected chi connectivity index (χ0v) is 13.3. The number of hydrogen-bond acceptors (Lipinski definition) is 3. The molecule has 0 saturated heterocycles. The predicted molar refractivity (Wildman–Crippen MR) is 87.1 cm³/mol. The van der Waals surface area contributed by atoms with Crippen molar-refractivity contribution < 1.29 is 0 Å². The van der Waals surface area contributed by atoms with Gasteiger partial charge in [-0.2, -0.15) is 5.10 Å². The van der Waals surface area contributed by atoms with Crippen LogP contribution in [0.4, 0.5) is 0 Å². The lowest BCUT2D eigenvalue weighted by atomic mass is 10.0. The van der Waals surface area contributed by atoms with Crippen LogP contribution in [0.1, 0.15) is 50.0 Å². The predicted octanol–water partition coefficient (Wildman–Crippen LogP) is 3.64. The van der Waals surface area contributed by atoms with Gasteiger partial charge in [-0.3, -0.25) is 16.0 Å². The van der Waals surface area contributed by atoms with E-state index < -0.39 is 0 Å². The maximum atomic E-state index is 6.04. The molecule has 0 aliphatic heterocycles. The highest BCUT2D eigenvalue weighted by atomic mass is 35.5. The van der Waals surface area contributed by atoms with Crippen LogP contribution >= 0.6 is 11.6 Å². The van der Waals surface area contributed by atoms with E-state index in [1.807, 2.05) is 24.3 Å². The van der Waals surface area contributed by atoms with E-state index in [0.29, 0.717) is 6.04 Å². The number of rotatable bonds is 7. The average molecular weight is 307 g/mol. The molecule has 1 aromatic carbocycles. The average Bonchev–Trinajstić information content (AvgIpc) is 2.94. The molecule has 5 heteroatoms. The molecule has 21 heavy (non-hydrogen) atoms. The zero-order chi connectivity index (χ0) is 15.2. The lowest BCUT2D eigenvalue weighted by Crippen LogP contribution is -2.29. The second-order valence-electron chi connectivity index (χ2n) is 5.24. The standard InChI is InChI=1S/C16H23ClN4/c1-3-15(4-2)21-9-8-14(20-21)11-16(19-18)12-6-5-7-13(17)10-12/h5-10,15-16,19H,3-4,11,18H2,1-2H3. The number of halogens is 1. The molecule has 0 aliphatic rings. The first-order valence-electron chi connectivity index (χ1n) is 7.43. The Balaban J connectivity index is 2.12. The summed E-state index contributed by atoms with van der Waals surface area (Å²) in [6.45, 7) is 4.37. The summed E-state index contributed by atoms with van der Waals surface area (Å²) in [6, 6.07) is 10.3. The number of hydrazine groups is 1. The van der Waals surface area contributed by atoms with E-state index in [9.17, 15) is 0 Å². The number of nitrogens with one attached hydrogen (secondary N) is 1. The van der Waals surface area contributed by atoms with Crippen LogP contribution in [0.15, 0.2) is 36.5 Å². The van der Waals surface area contributed by atoms with Crippen LogP contribution in [0.3, 0.4) is 0 Å². The van der Waals surface area contributed by atoms with Crippen molar-refractivity contribution in [1.29, 1.82) is 0 Å². The summed E-state index contributed by atoms with van der Waals surface area (Å²) in [6.07, 6.45) is 4.97. The first-order chi connectivity index (χ1) is 10.2. The summed E-state index contributed by atoms with van der Waals surface area (Å²) in [5.41, 5.74) is 4.96. The molecule has 2 rings (SSSR count). The van der Waals surface area contributed by atoms with E-state index in [2.05, 4.69) is 41.3 Å². The molecule has 0 radical (unpaired) electrons. The Morgan fingerprint density at radius 1 is 1.29 bits per heavy atom. The van der Waals surface area contributed by atoms with Gasteiger partial charge in [0.25, 0.3) is 0 Å². The van der Waals surface area contributed by atoms with Gasteiger partial charge in [0, 0.05) is 17.6 Å². The van der Waals surface area contributed by atoms with Gasteiger partial charge in [-0.15, -0.1) is 0 Å². The fourth-order valence-corrected chi connectivity index (χ4v) is 2.76. The third-order valence-electron chi connectivity index (χ3n) is 3.85. The fraction of sp³-hybridized carbons (Fsp3) is 0.438. The van der Waals surface area contributed by atoms with E-state index >= 15 is 0 Å². The molecule has 1 atom stereocenters. The Morgan fingerprint density at radius 3 is 2.67 bits per heavy atom. The van der Waals surface area contributed by atoms with E-state index in [-0.39, 0.29) is 6.04 Å². The highest BCUT2D eigenvalue weighted by Crippen LogP contribution is 2.21. The van der Waals surface area contributed by atoms with Gasteiger partial charge in [0.1, 0.15) is 0 Å². The minimum atomic E-state index is 0.00810. The molecule has 4 nitrogen and oxygen atoms in total. The van der Waals surface area contributed by atoms with E-state index in [4.69, 9.17) is 17.4 Å². The summed E-state index contributed by atoms with van der Waals surface area (Å²) in [5, 5.41) is 5.39. The summed E-state index contributed by atoms with van der Waals surface area (Å²) in [5.74, 6) is 5.69. The number of nitrogens with zero attached hydrogens (tertiary/aromatic N) is 2. The maximum absolute atomic E-state index is 6.04. The van der Waals surface area contributed by atoms with Crippen LogP contribution in [-0.4, -0.2) is 9.78 Å². The molecular formula is C16H23ClN4. The molecular weight excluding hydrogens is 284 g/mol. The molecule has 0 saturated carbocycles. The molecule has 1 heterocycles. The van der Waals surface area contributed by atoms with Crippen molar-refractivity contribution in [3.05, 3.63) is 52.8 Å². The first-order valence-corrected chi connectivity index (χ1v) is 7.81. The van der Waals surface area contributed by atoms with Gasteiger partial charge >= 0.3 is 0 Å². The molecule has 0 aliphatic carbocycles. The Labute approximate surface area is 131 Å². The smallest absolute Gasteiger partial charge is 0.0644 e. The van der Waals surface area contributed by atoms with Crippen molar-refractivity contribution in [1.82, 2.24) is 15.2 Å². The molecule has 0 bridgehead atoms. The molecule has 1 aromatic heterocycles. The number of benzene rings is 1. The molecule has 2 aromatic rings. The molecule has 0 spiro atoms. The summed E-state index contributed by atoms with van der Waals surface area (Å²) < 4.78 is 2.06. The lowest BCUT2D eigenvalue weighted by molar-refractivity contribution is 0.422. The maximum Gasteiger partial charge on any atom is 0.0644 e. The van der Waals surface area contributed by atoms with E-state index in [1.54, 1.807) is 0 Å². The zero-order valence-electron chi connectivity index (χ0n) is 12.6. The first kappa shape index (κ1) is 16.0. The molecule has 1 unspecified atom stereocenters. The molecule has 3 N–H and O–H groups in total. The van der Waals surface area contributed by atoms with Gasteiger partial charge in [0.2, 0.25) is 0 Å². The monoisotopic (exact) mass is 306 g/mol. The quantitative estimate of drug-likeness (QED) is 0.606. The van der Waals surface area contributed by atoms with Crippen LogP contribution < -0.4 is 11.3 Å². The third kappa shape index (κ3) is 4.06. The Morgan fingerprint density at radius 2 is 2.05 bits per heavy atom. The number of aromatic nitrogens is 2. The Hall–Kier alpha value is -1.36. The second-order valence-corrected chi connectivity index (χ2v) is 5.67. The van der Waals surface area contributed by atoms with Gasteiger partial charge in [0.15, 0.2) is 0 Å². The van der Waals surface area contributed by atoms with Gasteiger partial charge in [-0.25, -0.2) is 0 Å². The normalized spacial score (nSPS) is 12.8. The van der Waals surface area contributed by atoms with Crippen molar-refractivity contribution in [3.8, 4) is 0 Å². The van der Waals surface area contributed by atoms with Crippen LogP contribution in [0.2, 0.25) is 5.02 Å². The van der Waals surface area contributed by atoms with Gasteiger partial charge in [-0.05, 0) is 36.6 Å². The topological polar surface area (TPSA) is 55.9 Å². The van der Waals surface area contributed by atoms with Gasteiger partial charge in [-0.1, -0.05) is 37.6 Å². The summed E-state index contributed by atoms with van der Waals surface area (Å²) in [7, 11) is 0.